The van der Waals surface area contributed by atoms with Gasteiger partial charge in [-0.3, -0.25) is 4.79 Å². The molecule has 0 spiro atoms. The minimum absolute atomic E-state index is 0.0775. The van der Waals surface area contributed by atoms with Crippen molar-refractivity contribution < 1.29 is 19.4 Å². The first-order valence-electron chi connectivity index (χ1n) is 11.8. The molecule has 3 atom stereocenters. The molecule has 0 radical (unpaired) electrons. The molecule has 1 fully saturated rings. The Balaban J connectivity index is 1.59. The third-order valence-corrected chi connectivity index (χ3v) is 6.99. The fourth-order valence-electron chi connectivity index (χ4n) is 4.66. The first kappa shape index (κ1) is 24.0. The van der Waals surface area contributed by atoms with Crippen LogP contribution in [0.2, 0.25) is 5.02 Å². The summed E-state index contributed by atoms with van der Waals surface area (Å²) >= 11 is 6.37. The average Bonchev–Trinajstić information content (AvgIpc) is 2.96. The Bertz CT molecular complexity index is 743. The van der Waals surface area contributed by atoms with Crippen LogP contribution in [0.4, 0.5) is 5.69 Å². The molecule has 174 valence electrons. The predicted molar refractivity (Wildman–Crippen MR) is 125 cm³/mol. The van der Waals surface area contributed by atoms with E-state index in [0.717, 1.165) is 25.7 Å². The first-order chi connectivity index (χ1) is 15.0. The average molecular weight is 453 g/mol. The fraction of sp³-hybridized carbons (Fsp3) is 0.708. The van der Waals surface area contributed by atoms with Crippen molar-refractivity contribution >= 4 is 23.2 Å². The van der Waals surface area contributed by atoms with Crippen LogP contribution >= 0.6 is 11.6 Å². The number of carbonyl (C=O) groups excluding carboxylic acids is 1. The van der Waals surface area contributed by atoms with Gasteiger partial charge >= 0.3 is 0 Å². The van der Waals surface area contributed by atoms with Crippen LogP contribution in [0.15, 0.2) is 6.07 Å². The number of benzene rings is 1. The maximum absolute atomic E-state index is 13.0. The summed E-state index contributed by atoms with van der Waals surface area (Å²) in [5.74, 6) is 1.34. The number of hydrogen-bond acceptors (Lipinski definition) is 5. The smallest absolute Gasteiger partial charge is 0.255 e. The van der Waals surface area contributed by atoms with Crippen LogP contribution in [0.1, 0.15) is 75.1 Å². The molecule has 3 rings (SSSR count). The van der Waals surface area contributed by atoms with Gasteiger partial charge in [0.05, 0.1) is 17.4 Å². The minimum Gasteiger partial charge on any atom is -0.485 e. The number of rotatable bonds is 9. The Labute approximate surface area is 191 Å². The zero-order valence-corrected chi connectivity index (χ0v) is 19.6. The SMILES string of the molecule is CCCCCCC1CCC(O)[C@H](CNC(=O)c2cc(NC)c(Cl)c3c2OCCO3)CC1. The molecule has 2 unspecified atom stereocenters. The molecule has 0 aromatic heterocycles. The summed E-state index contributed by atoms with van der Waals surface area (Å²) in [5, 5.41) is 17.1. The van der Waals surface area contributed by atoms with Gasteiger partial charge in [0.1, 0.15) is 18.2 Å². The van der Waals surface area contributed by atoms with Crippen molar-refractivity contribution in [3.8, 4) is 11.5 Å². The van der Waals surface area contributed by atoms with Gasteiger partial charge in [0.15, 0.2) is 11.5 Å². The number of nitrogens with one attached hydrogen (secondary N) is 2. The Hall–Kier alpha value is -1.66. The van der Waals surface area contributed by atoms with E-state index in [-0.39, 0.29) is 17.9 Å². The number of anilines is 1. The standard InChI is InChI=1S/C24H37ClN2O4/c1-3-4-5-6-7-16-8-10-17(20(28)11-9-16)15-27-24(29)18-14-19(26-2)21(25)23-22(18)30-12-13-31-23/h14,16-17,20,26,28H,3-13,15H2,1-2H3,(H,27,29)/t16?,17-,20?/m0/s1. The van der Waals surface area contributed by atoms with Gasteiger partial charge in [-0.2, -0.15) is 0 Å². The van der Waals surface area contributed by atoms with Crippen molar-refractivity contribution in [1.82, 2.24) is 5.32 Å². The summed E-state index contributed by atoms with van der Waals surface area (Å²) in [6.45, 7) is 3.47. The number of fused-ring (bicyclic) bond motifs is 1. The van der Waals surface area contributed by atoms with Crippen LogP contribution < -0.4 is 20.1 Å². The van der Waals surface area contributed by atoms with E-state index in [1.807, 2.05) is 0 Å². The number of unbranched alkanes of at least 4 members (excludes halogenated alkanes) is 3. The number of aliphatic hydroxyl groups is 1. The number of hydrogen-bond donors (Lipinski definition) is 3. The largest absolute Gasteiger partial charge is 0.485 e. The predicted octanol–water partition coefficient (Wildman–Crippen LogP) is 5.02. The second-order valence-corrected chi connectivity index (χ2v) is 9.18. The van der Waals surface area contributed by atoms with Crippen LogP contribution in [0.5, 0.6) is 11.5 Å². The highest BCUT2D eigenvalue weighted by atomic mass is 35.5. The summed E-state index contributed by atoms with van der Waals surface area (Å²) < 4.78 is 11.4. The Morgan fingerprint density at radius 3 is 2.61 bits per heavy atom. The van der Waals surface area contributed by atoms with Gasteiger partial charge in [0, 0.05) is 19.5 Å². The van der Waals surface area contributed by atoms with E-state index < -0.39 is 0 Å². The van der Waals surface area contributed by atoms with Crippen molar-refractivity contribution in [3.63, 3.8) is 0 Å². The lowest BCUT2D eigenvalue weighted by molar-refractivity contribution is 0.0846. The number of halogens is 1. The third kappa shape index (κ3) is 6.19. The van der Waals surface area contributed by atoms with Crippen LogP contribution in [-0.2, 0) is 0 Å². The lowest BCUT2D eigenvalue weighted by Crippen LogP contribution is -2.35. The Kier molecular flexibility index (Phi) is 9.15. The summed E-state index contributed by atoms with van der Waals surface area (Å²) in [4.78, 5) is 13.0. The second kappa shape index (κ2) is 11.8. The van der Waals surface area contributed by atoms with E-state index in [1.165, 1.54) is 32.1 Å². The first-order valence-corrected chi connectivity index (χ1v) is 12.2. The molecule has 6 nitrogen and oxygen atoms in total. The van der Waals surface area contributed by atoms with Gasteiger partial charge in [0.25, 0.3) is 5.91 Å². The molecular formula is C24H37ClN2O4. The van der Waals surface area contributed by atoms with Gasteiger partial charge in [-0.1, -0.05) is 57.0 Å². The number of ether oxygens (including phenoxy) is 2. The molecule has 7 heteroatoms. The molecule has 1 aliphatic carbocycles. The third-order valence-electron chi connectivity index (χ3n) is 6.62. The van der Waals surface area contributed by atoms with E-state index in [2.05, 4.69) is 17.6 Å². The molecule has 0 saturated heterocycles. The van der Waals surface area contributed by atoms with E-state index >= 15 is 0 Å². The summed E-state index contributed by atoms with van der Waals surface area (Å²) in [6, 6.07) is 1.70. The van der Waals surface area contributed by atoms with E-state index in [4.69, 9.17) is 21.1 Å². The molecule has 0 bridgehead atoms. The van der Waals surface area contributed by atoms with Gasteiger partial charge in [-0.15, -0.1) is 0 Å². The molecule has 1 aromatic carbocycles. The second-order valence-electron chi connectivity index (χ2n) is 8.80. The maximum atomic E-state index is 13.0. The van der Waals surface area contributed by atoms with Crippen molar-refractivity contribution in [2.75, 3.05) is 32.1 Å². The van der Waals surface area contributed by atoms with Crippen molar-refractivity contribution in [2.45, 2.75) is 70.8 Å². The molecule has 1 saturated carbocycles. The number of amides is 1. The minimum atomic E-state index is -0.368. The molecule has 1 aliphatic heterocycles. The van der Waals surface area contributed by atoms with Crippen LogP contribution in [0, 0.1) is 11.8 Å². The zero-order chi connectivity index (χ0) is 22.2. The van der Waals surface area contributed by atoms with E-state index in [1.54, 1.807) is 13.1 Å². The molecule has 1 amide bonds. The maximum Gasteiger partial charge on any atom is 0.255 e. The van der Waals surface area contributed by atoms with Gasteiger partial charge in [0.2, 0.25) is 0 Å². The Morgan fingerprint density at radius 2 is 1.87 bits per heavy atom. The van der Waals surface area contributed by atoms with Gasteiger partial charge in [-0.05, 0) is 31.2 Å². The van der Waals surface area contributed by atoms with E-state index in [9.17, 15) is 9.90 Å². The van der Waals surface area contributed by atoms with Gasteiger partial charge in [-0.25, -0.2) is 0 Å². The molecule has 1 heterocycles. The Morgan fingerprint density at radius 1 is 1.13 bits per heavy atom. The van der Waals surface area contributed by atoms with Gasteiger partial charge < -0.3 is 25.2 Å². The zero-order valence-electron chi connectivity index (χ0n) is 18.8. The van der Waals surface area contributed by atoms with Crippen LogP contribution in [0.3, 0.4) is 0 Å². The summed E-state index contributed by atoms with van der Waals surface area (Å²) in [5.41, 5.74) is 1.02. The summed E-state index contributed by atoms with van der Waals surface area (Å²) in [6.07, 6.45) is 10.0. The van der Waals surface area contributed by atoms with E-state index in [0.29, 0.717) is 53.4 Å². The van der Waals surface area contributed by atoms with Crippen molar-refractivity contribution in [2.24, 2.45) is 11.8 Å². The topological polar surface area (TPSA) is 79.8 Å². The molecule has 2 aliphatic rings. The highest BCUT2D eigenvalue weighted by Crippen LogP contribution is 2.44. The highest BCUT2D eigenvalue weighted by molar-refractivity contribution is 6.35. The van der Waals surface area contributed by atoms with Crippen LogP contribution in [-0.4, -0.2) is 43.9 Å². The number of aliphatic hydroxyl groups excluding tert-OH is 1. The lowest BCUT2D eigenvalue weighted by atomic mass is 9.93. The van der Waals surface area contributed by atoms with Crippen molar-refractivity contribution in [3.05, 3.63) is 16.7 Å². The molecule has 31 heavy (non-hydrogen) atoms. The lowest BCUT2D eigenvalue weighted by Gasteiger charge is -2.24. The molecule has 3 N–H and O–H groups in total. The van der Waals surface area contributed by atoms with Crippen LogP contribution in [0.25, 0.3) is 0 Å². The number of carbonyl (C=O) groups is 1. The normalized spacial score (nSPS) is 23.2. The fourth-order valence-corrected chi connectivity index (χ4v) is 4.95. The monoisotopic (exact) mass is 452 g/mol. The van der Waals surface area contributed by atoms with Crippen molar-refractivity contribution in [1.29, 1.82) is 0 Å². The molecule has 1 aromatic rings. The highest BCUT2D eigenvalue weighted by Gasteiger charge is 2.29. The molecular weight excluding hydrogens is 416 g/mol. The summed E-state index contributed by atoms with van der Waals surface area (Å²) in [7, 11) is 1.75. The quantitative estimate of drug-likeness (QED) is 0.362.